The van der Waals surface area contributed by atoms with Gasteiger partial charge in [0.05, 0.1) is 16.6 Å². The largest absolute Gasteiger partial charge is 0.305 e. The van der Waals surface area contributed by atoms with Crippen LogP contribution in [0, 0.1) is 6.92 Å². The Bertz CT molecular complexity index is 1190. The molecule has 0 N–H and O–H groups in total. The molecule has 0 fully saturated rings. The Balaban J connectivity index is 1.83. The van der Waals surface area contributed by atoms with Crippen molar-refractivity contribution < 1.29 is 13.2 Å². The summed E-state index contributed by atoms with van der Waals surface area (Å²) in [6.07, 6.45) is 0.497. The van der Waals surface area contributed by atoms with Crippen LogP contribution in [0.15, 0.2) is 83.8 Å². The van der Waals surface area contributed by atoms with Crippen molar-refractivity contribution in [3.63, 3.8) is 0 Å². The SMILES string of the molecule is CC(=O)N(c1ccccc1)[C@@H]1C[C@@H](C)N(S(=O)(=O)c2ccc(C)cc2)c2ccccc21. The molecule has 5 nitrogen and oxygen atoms in total. The summed E-state index contributed by atoms with van der Waals surface area (Å²) in [4.78, 5) is 14.7. The second-order valence-electron chi connectivity index (χ2n) is 8.00. The molecule has 0 saturated heterocycles. The van der Waals surface area contributed by atoms with Crippen LogP contribution in [0.25, 0.3) is 0 Å². The van der Waals surface area contributed by atoms with E-state index in [9.17, 15) is 13.2 Å². The lowest BCUT2D eigenvalue weighted by atomic mass is 9.91. The number of sulfonamides is 1. The maximum atomic E-state index is 13.6. The molecule has 0 radical (unpaired) electrons. The van der Waals surface area contributed by atoms with E-state index < -0.39 is 10.0 Å². The van der Waals surface area contributed by atoms with E-state index in [0.29, 0.717) is 12.1 Å². The molecule has 1 heterocycles. The highest BCUT2D eigenvalue weighted by atomic mass is 32.2. The number of nitrogens with zero attached hydrogens (tertiary/aromatic N) is 2. The Morgan fingerprint density at radius 2 is 1.55 bits per heavy atom. The molecule has 0 aliphatic carbocycles. The van der Waals surface area contributed by atoms with Crippen LogP contribution in [-0.4, -0.2) is 20.4 Å². The van der Waals surface area contributed by atoms with Crippen LogP contribution in [-0.2, 0) is 14.8 Å². The predicted molar refractivity (Wildman–Crippen MR) is 124 cm³/mol. The second-order valence-corrected chi connectivity index (χ2v) is 9.81. The van der Waals surface area contributed by atoms with E-state index in [4.69, 9.17) is 0 Å². The lowest BCUT2D eigenvalue weighted by molar-refractivity contribution is -0.117. The first kappa shape index (κ1) is 21.1. The van der Waals surface area contributed by atoms with E-state index in [1.165, 1.54) is 4.31 Å². The number of para-hydroxylation sites is 2. The van der Waals surface area contributed by atoms with Gasteiger partial charge < -0.3 is 4.90 Å². The summed E-state index contributed by atoms with van der Waals surface area (Å²) in [5, 5.41) is 0. The molecule has 3 aromatic carbocycles. The van der Waals surface area contributed by atoms with Crippen LogP contribution >= 0.6 is 0 Å². The third-order valence-electron chi connectivity index (χ3n) is 5.76. The zero-order chi connectivity index (χ0) is 22.2. The number of amides is 1. The number of carbonyl (C=O) groups excluding carboxylic acids is 1. The molecule has 1 aliphatic rings. The first-order chi connectivity index (χ1) is 14.8. The van der Waals surface area contributed by atoms with Crippen molar-refractivity contribution in [1.82, 2.24) is 0 Å². The molecule has 0 unspecified atom stereocenters. The van der Waals surface area contributed by atoms with Gasteiger partial charge in [-0.15, -0.1) is 0 Å². The number of fused-ring (bicyclic) bond motifs is 1. The molecule has 0 spiro atoms. The normalized spacial score (nSPS) is 18.4. The van der Waals surface area contributed by atoms with E-state index in [-0.39, 0.29) is 22.9 Å². The highest BCUT2D eigenvalue weighted by Gasteiger charge is 2.40. The van der Waals surface area contributed by atoms with Gasteiger partial charge >= 0.3 is 0 Å². The van der Waals surface area contributed by atoms with Crippen molar-refractivity contribution in [3.05, 3.63) is 90.0 Å². The molecule has 0 saturated carbocycles. The number of carbonyl (C=O) groups is 1. The molecule has 6 heteroatoms. The summed E-state index contributed by atoms with van der Waals surface area (Å²) in [6, 6.07) is 23.3. The fourth-order valence-electron chi connectivity index (χ4n) is 4.36. The maximum absolute atomic E-state index is 13.6. The lowest BCUT2D eigenvalue weighted by Crippen LogP contribution is -2.47. The van der Waals surface area contributed by atoms with Gasteiger partial charge in [0.15, 0.2) is 0 Å². The minimum atomic E-state index is -3.75. The van der Waals surface area contributed by atoms with E-state index in [1.54, 1.807) is 24.0 Å². The third kappa shape index (κ3) is 3.83. The Morgan fingerprint density at radius 3 is 2.19 bits per heavy atom. The Kier molecular flexibility index (Phi) is 5.58. The van der Waals surface area contributed by atoms with Gasteiger partial charge in [0.25, 0.3) is 10.0 Å². The number of hydrogen-bond donors (Lipinski definition) is 0. The van der Waals surface area contributed by atoms with E-state index in [1.807, 2.05) is 80.6 Å². The van der Waals surface area contributed by atoms with Gasteiger partial charge in [0.1, 0.15) is 0 Å². The molecule has 2 atom stereocenters. The van der Waals surface area contributed by atoms with Crippen LogP contribution < -0.4 is 9.21 Å². The fourth-order valence-corrected chi connectivity index (χ4v) is 6.05. The monoisotopic (exact) mass is 434 g/mol. The van der Waals surface area contributed by atoms with Gasteiger partial charge in [-0.3, -0.25) is 9.10 Å². The van der Waals surface area contributed by atoms with Gasteiger partial charge in [-0.25, -0.2) is 8.42 Å². The number of hydrogen-bond acceptors (Lipinski definition) is 3. The third-order valence-corrected chi connectivity index (χ3v) is 7.70. The van der Waals surface area contributed by atoms with Gasteiger partial charge in [-0.2, -0.15) is 0 Å². The van der Waals surface area contributed by atoms with Crippen LogP contribution in [0.5, 0.6) is 0 Å². The fraction of sp³-hybridized carbons (Fsp3) is 0.240. The molecular formula is C25H26N2O3S. The van der Waals surface area contributed by atoms with Crippen molar-refractivity contribution in [2.45, 2.75) is 44.2 Å². The average molecular weight is 435 g/mol. The van der Waals surface area contributed by atoms with Crippen molar-refractivity contribution in [2.75, 3.05) is 9.21 Å². The van der Waals surface area contributed by atoms with Crippen LogP contribution in [0.3, 0.4) is 0 Å². The van der Waals surface area contributed by atoms with Crippen molar-refractivity contribution in [3.8, 4) is 0 Å². The van der Waals surface area contributed by atoms with Gasteiger partial charge in [-0.05, 0) is 56.2 Å². The summed E-state index contributed by atoms with van der Waals surface area (Å²) in [5.41, 5.74) is 3.26. The second kappa shape index (κ2) is 8.19. The summed E-state index contributed by atoms with van der Waals surface area (Å²) in [5.74, 6) is -0.0759. The first-order valence-electron chi connectivity index (χ1n) is 10.4. The minimum absolute atomic E-state index is 0.0759. The molecule has 4 rings (SSSR count). The van der Waals surface area contributed by atoms with Gasteiger partial charge in [0, 0.05) is 18.7 Å². The van der Waals surface area contributed by atoms with E-state index >= 15 is 0 Å². The number of benzene rings is 3. The quantitative estimate of drug-likeness (QED) is 0.576. The topological polar surface area (TPSA) is 57.7 Å². The first-order valence-corrected chi connectivity index (χ1v) is 11.8. The van der Waals surface area contributed by atoms with Crippen molar-refractivity contribution in [2.24, 2.45) is 0 Å². The van der Waals surface area contributed by atoms with Gasteiger partial charge in [-0.1, -0.05) is 54.1 Å². The zero-order valence-electron chi connectivity index (χ0n) is 17.9. The Hall–Kier alpha value is -3.12. The minimum Gasteiger partial charge on any atom is -0.305 e. The average Bonchev–Trinajstić information content (AvgIpc) is 2.74. The van der Waals surface area contributed by atoms with Crippen LogP contribution in [0.4, 0.5) is 11.4 Å². The van der Waals surface area contributed by atoms with Gasteiger partial charge in [0.2, 0.25) is 5.91 Å². The molecule has 160 valence electrons. The summed E-state index contributed by atoms with van der Waals surface area (Å²) in [7, 11) is -3.75. The summed E-state index contributed by atoms with van der Waals surface area (Å²) in [6.45, 7) is 5.38. The molecular weight excluding hydrogens is 408 g/mol. The molecule has 31 heavy (non-hydrogen) atoms. The lowest BCUT2D eigenvalue weighted by Gasteiger charge is -2.43. The van der Waals surface area contributed by atoms with Crippen LogP contribution in [0.1, 0.15) is 37.4 Å². The molecule has 0 aromatic heterocycles. The van der Waals surface area contributed by atoms with E-state index in [2.05, 4.69) is 0 Å². The molecule has 3 aromatic rings. The predicted octanol–water partition coefficient (Wildman–Crippen LogP) is 5.08. The highest BCUT2D eigenvalue weighted by Crippen LogP contribution is 2.44. The number of rotatable bonds is 4. The van der Waals surface area contributed by atoms with Crippen molar-refractivity contribution in [1.29, 1.82) is 0 Å². The summed E-state index contributed by atoms with van der Waals surface area (Å²) < 4.78 is 28.7. The molecule has 1 aliphatic heterocycles. The maximum Gasteiger partial charge on any atom is 0.264 e. The highest BCUT2D eigenvalue weighted by molar-refractivity contribution is 7.92. The van der Waals surface area contributed by atoms with Crippen molar-refractivity contribution >= 4 is 27.3 Å². The zero-order valence-corrected chi connectivity index (χ0v) is 18.7. The number of anilines is 2. The van der Waals surface area contributed by atoms with Crippen LogP contribution in [0.2, 0.25) is 0 Å². The molecule has 0 bridgehead atoms. The molecule has 1 amide bonds. The number of aryl methyl sites for hydroxylation is 1. The summed E-state index contributed by atoms with van der Waals surface area (Å²) >= 11 is 0. The standard InChI is InChI=1S/C25H26N2O3S/c1-18-13-15-22(16-14-18)31(29,30)27-19(2)17-25(23-11-7-8-12-24(23)27)26(20(3)28)21-9-5-4-6-10-21/h4-16,19,25H,17H2,1-3H3/t19-,25-/m1/s1. The smallest absolute Gasteiger partial charge is 0.264 e. The van der Waals surface area contributed by atoms with E-state index in [0.717, 1.165) is 16.8 Å². The Labute approximate surface area is 184 Å². The Morgan fingerprint density at radius 1 is 0.935 bits per heavy atom.